The van der Waals surface area contributed by atoms with Crippen molar-refractivity contribution in [3.05, 3.63) is 56.6 Å². The molecular weight excluding hydrogens is 640 g/mol. The molecule has 0 radical (unpaired) electrons. The topological polar surface area (TPSA) is 127 Å². The predicted octanol–water partition coefficient (Wildman–Crippen LogP) is 8.74. The Hall–Kier alpha value is -3.07. The minimum atomic E-state index is -4.00. The lowest BCUT2D eigenvalue weighted by Crippen LogP contribution is -2.41. The van der Waals surface area contributed by atoms with E-state index in [2.05, 4.69) is 41.5 Å². The number of carbonyl (C=O) groups is 2. The fourth-order valence-corrected chi connectivity index (χ4v) is 9.02. The molecule has 0 fully saturated rings. The van der Waals surface area contributed by atoms with Gasteiger partial charge in [-0.3, -0.25) is 9.59 Å². The molecule has 276 valence electrons. The summed E-state index contributed by atoms with van der Waals surface area (Å²) in [6.45, 7) is 26.6. The van der Waals surface area contributed by atoms with Crippen LogP contribution in [0.1, 0.15) is 139 Å². The standard InChI is InChI=1S/C40H62O8S/c1-15-39(11,12)31-17-25(7)29(27(9)37(31)43)21-47-35(41)19-33(23(3)4)49(45,46)34(24(5)6)20-36(42)48-22-30-26(8)18-32(38(44)28(30)10)40(13,14)16-2/h17-18,23-24,33-34,43-44H,15-16,19-22H2,1-14H3. The molecule has 2 aromatic carbocycles. The fourth-order valence-electron chi connectivity index (χ4n) is 6.32. The minimum Gasteiger partial charge on any atom is -0.507 e. The fraction of sp³-hybridized carbons (Fsp3) is 0.650. The van der Waals surface area contributed by atoms with Crippen molar-refractivity contribution in [3.8, 4) is 11.5 Å². The summed E-state index contributed by atoms with van der Waals surface area (Å²) < 4.78 is 39.4. The molecule has 2 atom stereocenters. The van der Waals surface area contributed by atoms with E-state index in [1.165, 1.54) is 0 Å². The van der Waals surface area contributed by atoms with Gasteiger partial charge in [0, 0.05) is 11.1 Å². The molecule has 0 aliphatic heterocycles. The molecule has 9 heteroatoms. The number of aryl methyl sites for hydroxylation is 2. The van der Waals surface area contributed by atoms with Crippen LogP contribution in [0.4, 0.5) is 0 Å². The molecule has 0 amide bonds. The van der Waals surface area contributed by atoms with Crippen molar-refractivity contribution < 1.29 is 37.7 Å². The first-order valence-corrected chi connectivity index (χ1v) is 19.2. The molecule has 0 spiro atoms. The highest BCUT2D eigenvalue weighted by molar-refractivity contribution is 7.92. The van der Waals surface area contributed by atoms with Gasteiger partial charge in [0.2, 0.25) is 0 Å². The van der Waals surface area contributed by atoms with Crippen LogP contribution in [0, 0.1) is 39.5 Å². The lowest BCUT2D eigenvalue weighted by molar-refractivity contribution is -0.145. The smallest absolute Gasteiger partial charge is 0.307 e. The van der Waals surface area contributed by atoms with E-state index < -0.39 is 44.1 Å². The number of ether oxygens (including phenoxy) is 2. The molecular formula is C40H62O8S. The van der Waals surface area contributed by atoms with E-state index in [0.717, 1.165) is 35.1 Å². The lowest BCUT2D eigenvalue weighted by atomic mass is 9.79. The van der Waals surface area contributed by atoms with Crippen LogP contribution in [0.25, 0.3) is 0 Å². The Labute approximate surface area is 295 Å². The van der Waals surface area contributed by atoms with Gasteiger partial charge in [0.05, 0.1) is 23.3 Å². The molecule has 0 aromatic heterocycles. The summed E-state index contributed by atoms with van der Waals surface area (Å²) in [6, 6.07) is 3.85. The summed E-state index contributed by atoms with van der Waals surface area (Å²) >= 11 is 0. The molecule has 0 saturated heterocycles. The largest absolute Gasteiger partial charge is 0.507 e. The van der Waals surface area contributed by atoms with Gasteiger partial charge in [-0.25, -0.2) is 8.42 Å². The normalized spacial score (nSPS) is 13.9. The molecule has 2 unspecified atom stereocenters. The van der Waals surface area contributed by atoms with Gasteiger partial charge in [-0.2, -0.15) is 0 Å². The highest BCUT2D eigenvalue weighted by Gasteiger charge is 2.41. The number of hydrogen-bond acceptors (Lipinski definition) is 8. The van der Waals surface area contributed by atoms with E-state index >= 15 is 0 Å². The summed E-state index contributed by atoms with van der Waals surface area (Å²) in [5.41, 5.74) is 5.62. The van der Waals surface area contributed by atoms with E-state index in [1.54, 1.807) is 41.5 Å². The zero-order valence-electron chi connectivity index (χ0n) is 32.5. The highest BCUT2D eigenvalue weighted by Crippen LogP contribution is 2.40. The SMILES string of the molecule is CCC(C)(C)c1cc(C)c(COC(=O)CC(C(C)C)S(=O)(=O)C(CC(=O)OCc2c(C)cc(C(C)(C)CC)c(O)c2C)C(C)C)c(C)c1O. The monoisotopic (exact) mass is 702 g/mol. The quantitative estimate of drug-likeness (QED) is 0.166. The molecule has 2 rings (SSSR count). The van der Waals surface area contributed by atoms with Crippen molar-refractivity contribution in [2.45, 2.75) is 157 Å². The van der Waals surface area contributed by atoms with Crippen LogP contribution in [0.5, 0.6) is 11.5 Å². The van der Waals surface area contributed by atoms with Crippen LogP contribution in [-0.4, -0.2) is 41.1 Å². The maximum atomic E-state index is 14.1. The Morgan fingerprint density at radius 2 is 0.980 bits per heavy atom. The van der Waals surface area contributed by atoms with Crippen molar-refractivity contribution in [1.29, 1.82) is 0 Å². The van der Waals surface area contributed by atoms with Crippen LogP contribution in [0.2, 0.25) is 0 Å². The first-order valence-electron chi connectivity index (χ1n) is 17.6. The van der Waals surface area contributed by atoms with Gasteiger partial charge in [-0.15, -0.1) is 0 Å². The third-order valence-corrected chi connectivity index (χ3v) is 14.0. The van der Waals surface area contributed by atoms with Crippen molar-refractivity contribution in [2.24, 2.45) is 11.8 Å². The van der Waals surface area contributed by atoms with Crippen LogP contribution >= 0.6 is 0 Å². The third-order valence-electron chi connectivity index (χ3n) is 10.8. The van der Waals surface area contributed by atoms with Gasteiger partial charge < -0.3 is 19.7 Å². The summed E-state index contributed by atoms with van der Waals surface area (Å²) in [5.74, 6) is -1.81. The van der Waals surface area contributed by atoms with Gasteiger partial charge in [0.15, 0.2) is 9.84 Å². The Kier molecular flexibility index (Phi) is 14.0. The number of sulfone groups is 1. The molecule has 0 heterocycles. The predicted molar refractivity (Wildman–Crippen MR) is 197 cm³/mol. The van der Waals surface area contributed by atoms with Gasteiger partial charge in [-0.05, 0) is 96.6 Å². The number of benzene rings is 2. The minimum absolute atomic E-state index is 0.0903. The molecule has 0 aliphatic carbocycles. The van der Waals surface area contributed by atoms with E-state index in [9.17, 15) is 28.2 Å². The zero-order valence-corrected chi connectivity index (χ0v) is 33.3. The van der Waals surface area contributed by atoms with E-state index in [4.69, 9.17) is 9.47 Å². The van der Waals surface area contributed by atoms with Gasteiger partial charge in [0.25, 0.3) is 0 Å². The molecule has 2 N–H and O–H groups in total. The van der Waals surface area contributed by atoms with Crippen LogP contribution in [0.3, 0.4) is 0 Å². The molecule has 0 saturated carbocycles. The lowest BCUT2D eigenvalue weighted by Gasteiger charge is -2.29. The average Bonchev–Trinajstić information content (AvgIpc) is 3.01. The number of aromatic hydroxyl groups is 2. The molecule has 0 aliphatic rings. The Bertz CT molecular complexity index is 1500. The van der Waals surface area contributed by atoms with Crippen molar-refractivity contribution in [2.75, 3.05) is 0 Å². The molecule has 49 heavy (non-hydrogen) atoms. The van der Waals surface area contributed by atoms with Crippen LogP contribution in [0.15, 0.2) is 12.1 Å². The number of carbonyl (C=O) groups excluding carboxylic acids is 2. The van der Waals surface area contributed by atoms with E-state index in [-0.39, 0.29) is 48.4 Å². The highest BCUT2D eigenvalue weighted by atomic mass is 32.2. The maximum absolute atomic E-state index is 14.1. The Morgan fingerprint density at radius 3 is 1.24 bits per heavy atom. The second-order valence-corrected chi connectivity index (χ2v) is 18.1. The maximum Gasteiger partial charge on any atom is 0.307 e. The number of hydrogen-bond donors (Lipinski definition) is 2. The van der Waals surface area contributed by atoms with Gasteiger partial charge in [0.1, 0.15) is 24.7 Å². The number of phenols is 2. The summed E-state index contributed by atoms with van der Waals surface area (Å²) in [7, 11) is -4.00. The molecule has 2 aromatic rings. The van der Waals surface area contributed by atoms with E-state index in [1.807, 2.05) is 26.0 Å². The van der Waals surface area contributed by atoms with Crippen molar-refractivity contribution in [3.63, 3.8) is 0 Å². The molecule has 8 nitrogen and oxygen atoms in total. The second-order valence-electron chi connectivity index (χ2n) is 15.7. The second kappa shape index (κ2) is 16.3. The summed E-state index contributed by atoms with van der Waals surface area (Å²) in [4.78, 5) is 26.3. The first-order chi connectivity index (χ1) is 22.4. The van der Waals surface area contributed by atoms with Gasteiger partial charge >= 0.3 is 11.9 Å². The third kappa shape index (κ3) is 9.59. The Morgan fingerprint density at radius 1 is 0.673 bits per heavy atom. The van der Waals surface area contributed by atoms with Crippen LogP contribution in [-0.2, 0) is 52.9 Å². The zero-order chi connectivity index (χ0) is 37.8. The van der Waals surface area contributed by atoms with Crippen molar-refractivity contribution >= 4 is 21.8 Å². The average molecular weight is 703 g/mol. The summed E-state index contributed by atoms with van der Waals surface area (Å²) in [5, 5.41) is 19.8. The number of rotatable bonds is 16. The molecule has 0 bridgehead atoms. The Balaban J connectivity index is 2.23. The summed E-state index contributed by atoms with van der Waals surface area (Å²) in [6.07, 6.45) is 0.954. The number of phenolic OH excluding ortho intramolecular Hbond substituents is 2. The van der Waals surface area contributed by atoms with Crippen molar-refractivity contribution in [1.82, 2.24) is 0 Å². The van der Waals surface area contributed by atoms with Crippen LogP contribution < -0.4 is 0 Å². The first kappa shape index (κ1) is 42.1. The number of esters is 2. The van der Waals surface area contributed by atoms with E-state index in [0.29, 0.717) is 22.3 Å². The van der Waals surface area contributed by atoms with Gasteiger partial charge in [-0.1, -0.05) is 81.4 Å².